The number of nitrogens with zero attached hydrogens (tertiary/aromatic N) is 4. The smallest absolute Gasteiger partial charge is 0.211 e. The van der Waals surface area contributed by atoms with Crippen LogP contribution in [0, 0.1) is 0 Å². The van der Waals surface area contributed by atoms with E-state index in [0.29, 0.717) is 16.7 Å². The Morgan fingerprint density at radius 1 is 1.27 bits per heavy atom. The van der Waals surface area contributed by atoms with Crippen molar-refractivity contribution < 1.29 is 8.42 Å². The Morgan fingerprint density at radius 2 is 1.91 bits per heavy atom. The lowest BCUT2D eigenvalue weighted by Crippen LogP contribution is -2.25. The summed E-state index contributed by atoms with van der Waals surface area (Å²) in [5.41, 5.74) is 0.919. The first-order valence-corrected chi connectivity index (χ1v) is 9.77. The Hall–Kier alpha value is -1.09. The minimum Gasteiger partial charge on any atom is -0.302 e. The summed E-state index contributed by atoms with van der Waals surface area (Å²) in [5.74, 6) is 1.03. The van der Waals surface area contributed by atoms with Gasteiger partial charge < -0.3 is 4.57 Å². The molecule has 0 saturated carbocycles. The van der Waals surface area contributed by atoms with Crippen molar-refractivity contribution in [3.05, 3.63) is 29.3 Å². The summed E-state index contributed by atoms with van der Waals surface area (Å²) < 4.78 is 26.1. The van der Waals surface area contributed by atoms with E-state index in [9.17, 15) is 8.42 Å². The molecule has 6 nitrogen and oxygen atoms in total. The number of thioether (sulfide) groups is 1. The average Bonchev–Trinajstić information content (AvgIpc) is 2.87. The van der Waals surface area contributed by atoms with Gasteiger partial charge in [-0.1, -0.05) is 23.4 Å². The predicted octanol–water partition coefficient (Wildman–Crippen LogP) is 2.56. The molecule has 0 saturated heterocycles. The molecule has 0 aliphatic carbocycles. The lowest BCUT2D eigenvalue weighted by molar-refractivity contribution is 0.518. The molecule has 1 aromatic carbocycles. The van der Waals surface area contributed by atoms with Gasteiger partial charge in [0.15, 0.2) is 11.0 Å². The van der Waals surface area contributed by atoms with Crippen LogP contribution in [-0.4, -0.2) is 46.7 Å². The second kappa shape index (κ2) is 6.99. The van der Waals surface area contributed by atoms with Gasteiger partial charge >= 0.3 is 0 Å². The first-order chi connectivity index (χ1) is 10.3. The van der Waals surface area contributed by atoms with Gasteiger partial charge in [0.25, 0.3) is 0 Å². The molecule has 2 rings (SSSR count). The number of hydrogen-bond acceptors (Lipinski definition) is 5. The summed E-state index contributed by atoms with van der Waals surface area (Å²) in [6, 6.07) is 7.37. The molecule has 0 spiro atoms. The summed E-state index contributed by atoms with van der Waals surface area (Å²) in [6.07, 6.45) is 1.18. The fourth-order valence-corrected chi connectivity index (χ4v) is 3.55. The molecular formula is C13H17ClN4O2S2. The van der Waals surface area contributed by atoms with Crippen molar-refractivity contribution in [1.82, 2.24) is 19.1 Å². The molecule has 9 heteroatoms. The Labute approximate surface area is 139 Å². The zero-order valence-corrected chi connectivity index (χ0v) is 14.9. The first kappa shape index (κ1) is 17.3. The summed E-state index contributed by atoms with van der Waals surface area (Å²) in [5, 5.41) is 9.72. The molecular weight excluding hydrogens is 344 g/mol. The van der Waals surface area contributed by atoms with Crippen molar-refractivity contribution in [3.8, 4) is 11.4 Å². The standard InChI is InChI=1S/C13H17ClN4O2S2/c1-4-18-12(10-5-7-11(14)8-6-10)15-16-13(18)21-9-17(2)22(3,19)20/h5-8H,4,9H2,1-3H3. The molecule has 0 atom stereocenters. The third kappa shape index (κ3) is 4.01. The van der Waals surface area contributed by atoms with E-state index < -0.39 is 10.0 Å². The van der Waals surface area contributed by atoms with Crippen LogP contribution in [0.4, 0.5) is 0 Å². The molecule has 120 valence electrons. The molecule has 2 aromatic rings. The maximum Gasteiger partial charge on any atom is 0.211 e. The third-order valence-electron chi connectivity index (χ3n) is 3.08. The van der Waals surface area contributed by atoms with Crippen molar-refractivity contribution in [3.63, 3.8) is 0 Å². The Kier molecular flexibility index (Phi) is 5.49. The third-order valence-corrected chi connectivity index (χ3v) is 5.83. The van der Waals surface area contributed by atoms with Crippen LogP contribution in [-0.2, 0) is 16.6 Å². The van der Waals surface area contributed by atoms with E-state index in [1.54, 1.807) is 12.1 Å². The molecule has 1 aromatic heterocycles. The number of hydrogen-bond donors (Lipinski definition) is 0. The van der Waals surface area contributed by atoms with Gasteiger partial charge in [0.05, 0.1) is 12.1 Å². The van der Waals surface area contributed by atoms with E-state index in [0.717, 1.165) is 11.4 Å². The van der Waals surface area contributed by atoms with Gasteiger partial charge in [-0.2, -0.15) is 4.31 Å². The van der Waals surface area contributed by atoms with Gasteiger partial charge in [-0.3, -0.25) is 0 Å². The topological polar surface area (TPSA) is 68.1 Å². The summed E-state index contributed by atoms with van der Waals surface area (Å²) >= 11 is 7.23. The van der Waals surface area contributed by atoms with Crippen LogP contribution in [0.1, 0.15) is 6.92 Å². The summed E-state index contributed by atoms with van der Waals surface area (Å²) in [4.78, 5) is 0. The van der Waals surface area contributed by atoms with Crippen molar-refractivity contribution in [1.29, 1.82) is 0 Å². The van der Waals surface area contributed by atoms with Crippen molar-refractivity contribution >= 4 is 33.4 Å². The minimum atomic E-state index is -3.20. The predicted molar refractivity (Wildman–Crippen MR) is 89.5 cm³/mol. The molecule has 0 N–H and O–H groups in total. The second-order valence-electron chi connectivity index (χ2n) is 4.69. The lowest BCUT2D eigenvalue weighted by atomic mass is 10.2. The van der Waals surface area contributed by atoms with Crippen molar-refractivity contribution in [2.45, 2.75) is 18.6 Å². The van der Waals surface area contributed by atoms with Gasteiger partial charge in [0.1, 0.15) is 0 Å². The molecule has 0 radical (unpaired) electrons. The molecule has 22 heavy (non-hydrogen) atoms. The number of aromatic nitrogens is 3. The molecule has 0 fully saturated rings. The molecule has 0 aliphatic rings. The van der Waals surface area contributed by atoms with E-state index in [1.165, 1.54) is 29.4 Å². The van der Waals surface area contributed by atoms with Crippen LogP contribution in [0.3, 0.4) is 0 Å². The Morgan fingerprint density at radius 3 is 2.45 bits per heavy atom. The van der Waals surface area contributed by atoms with Crippen molar-refractivity contribution in [2.75, 3.05) is 19.2 Å². The van der Waals surface area contributed by atoms with Crippen LogP contribution in [0.5, 0.6) is 0 Å². The monoisotopic (exact) mass is 360 g/mol. The molecule has 0 bridgehead atoms. The Balaban J connectivity index is 2.23. The zero-order valence-electron chi connectivity index (χ0n) is 12.5. The fourth-order valence-electron chi connectivity index (χ4n) is 1.74. The van der Waals surface area contributed by atoms with E-state index in [4.69, 9.17) is 11.6 Å². The maximum atomic E-state index is 11.4. The number of rotatable bonds is 6. The van der Waals surface area contributed by atoms with E-state index in [1.807, 2.05) is 23.6 Å². The highest BCUT2D eigenvalue weighted by Crippen LogP contribution is 2.25. The highest BCUT2D eigenvalue weighted by Gasteiger charge is 2.16. The minimum absolute atomic E-state index is 0.289. The fraction of sp³-hybridized carbons (Fsp3) is 0.385. The largest absolute Gasteiger partial charge is 0.302 e. The molecule has 0 aliphatic heterocycles. The quantitative estimate of drug-likeness (QED) is 0.585. The lowest BCUT2D eigenvalue weighted by Gasteiger charge is -2.13. The Bertz CT molecular complexity index is 744. The highest BCUT2D eigenvalue weighted by molar-refractivity contribution is 8.00. The van der Waals surface area contributed by atoms with Gasteiger partial charge in [0.2, 0.25) is 10.0 Å². The zero-order chi connectivity index (χ0) is 16.3. The van der Waals surface area contributed by atoms with E-state index in [-0.39, 0.29) is 5.88 Å². The van der Waals surface area contributed by atoms with Crippen LogP contribution in [0.25, 0.3) is 11.4 Å². The van der Waals surface area contributed by atoms with Gasteiger partial charge in [-0.05, 0) is 31.2 Å². The SMILES string of the molecule is CCn1c(SCN(C)S(C)(=O)=O)nnc1-c1ccc(Cl)cc1. The van der Waals surface area contributed by atoms with Crippen molar-refractivity contribution in [2.24, 2.45) is 0 Å². The van der Waals surface area contributed by atoms with Crippen LogP contribution >= 0.6 is 23.4 Å². The number of benzene rings is 1. The summed E-state index contributed by atoms with van der Waals surface area (Å²) in [7, 11) is -1.67. The van der Waals surface area contributed by atoms with Gasteiger partial charge in [-0.15, -0.1) is 10.2 Å². The molecule has 0 unspecified atom stereocenters. The van der Waals surface area contributed by atoms with Crippen LogP contribution < -0.4 is 0 Å². The number of sulfonamides is 1. The summed E-state index contributed by atoms with van der Waals surface area (Å²) in [6.45, 7) is 2.68. The number of halogens is 1. The average molecular weight is 361 g/mol. The van der Waals surface area contributed by atoms with Crippen LogP contribution in [0.2, 0.25) is 5.02 Å². The van der Waals surface area contributed by atoms with Crippen LogP contribution in [0.15, 0.2) is 29.4 Å². The van der Waals surface area contributed by atoms with Gasteiger partial charge in [-0.25, -0.2) is 8.42 Å². The normalized spacial score (nSPS) is 12.0. The first-order valence-electron chi connectivity index (χ1n) is 6.56. The maximum absolute atomic E-state index is 11.4. The van der Waals surface area contributed by atoms with E-state index in [2.05, 4.69) is 10.2 Å². The molecule has 1 heterocycles. The van der Waals surface area contributed by atoms with E-state index >= 15 is 0 Å². The van der Waals surface area contributed by atoms with Gasteiger partial charge in [0, 0.05) is 24.2 Å². The second-order valence-corrected chi connectivity index (χ2v) is 8.13. The highest BCUT2D eigenvalue weighted by atomic mass is 35.5. The molecule has 0 amide bonds.